The van der Waals surface area contributed by atoms with Gasteiger partial charge in [0.05, 0.1) is 5.60 Å². The summed E-state index contributed by atoms with van der Waals surface area (Å²) in [6.07, 6.45) is 0.618. The number of hydrogen-bond acceptors (Lipinski definition) is 4. The molecule has 0 atom stereocenters. The summed E-state index contributed by atoms with van der Waals surface area (Å²) >= 11 is 0. The molecule has 20 heavy (non-hydrogen) atoms. The summed E-state index contributed by atoms with van der Waals surface area (Å²) in [7, 11) is -3.92. The first kappa shape index (κ1) is 14.9. The van der Waals surface area contributed by atoms with E-state index in [0.717, 1.165) is 6.07 Å². The van der Waals surface area contributed by atoms with Crippen LogP contribution in [0.25, 0.3) is 0 Å². The van der Waals surface area contributed by atoms with Crippen LogP contribution >= 0.6 is 0 Å². The summed E-state index contributed by atoms with van der Waals surface area (Å²) in [6.45, 7) is 1.95. The molecule has 1 aliphatic rings. The van der Waals surface area contributed by atoms with E-state index in [2.05, 4.69) is 0 Å². The van der Waals surface area contributed by atoms with Gasteiger partial charge >= 0.3 is 0 Å². The van der Waals surface area contributed by atoms with E-state index in [1.165, 1.54) is 16.4 Å². The number of hydrogen-bond donors (Lipinski definition) is 1. The van der Waals surface area contributed by atoms with Crippen LogP contribution in [-0.2, 0) is 10.0 Å². The van der Waals surface area contributed by atoms with Crippen LogP contribution in [0.2, 0.25) is 0 Å². The Labute approximate surface area is 117 Å². The molecule has 0 spiro atoms. The largest absolute Gasteiger partial charge is 0.390 e. The van der Waals surface area contributed by atoms with Crippen molar-refractivity contribution in [1.29, 1.82) is 5.26 Å². The van der Waals surface area contributed by atoms with Crippen LogP contribution in [0.5, 0.6) is 0 Å². The molecule has 1 saturated heterocycles. The maximum absolute atomic E-state index is 13.5. The molecule has 1 aliphatic heterocycles. The van der Waals surface area contributed by atoms with Gasteiger partial charge in [-0.05, 0) is 31.9 Å². The van der Waals surface area contributed by atoms with Crippen molar-refractivity contribution >= 4 is 10.0 Å². The molecule has 0 radical (unpaired) electrons. The van der Waals surface area contributed by atoms with Gasteiger partial charge in [-0.3, -0.25) is 0 Å². The van der Waals surface area contributed by atoms with E-state index in [1.807, 2.05) is 0 Å². The first-order valence-corrected chi connectivity index (χ1v) is 7.63. The van der Waals surface area contributed by atoms with E-state index < -0.39 is 27.0 Å². The van der Waals surface area contributed by atoms with Gasteiger partial charge in [-0.15, -0.1) is 0 Å². The Morgan fingerprint density at radius 2 is 2.00 bits per heavy atom. The number of aliphatic hydroxyl groups is 1. The number of nitriles is 1. The van der Waals surface area contributed by atoms with Crippen molar-refractivity contribution in [1.82, 2.24) is 4.31 Å². The Balaban J connectivity index is 2.38. The lowest BCUT2D eigenvalue weighted by atomic mass is 9.95. The number of halogens is 1. The van der Waals surface area contributed by atoms with Crippen LogP contribution in [0.15, 0.2) is 23.1 Å². The maximum atomic E-state index is 13.5. The fourth-order valence-electron chi connectivity index (χ4n) is 2.18. The van der Waals surface area contributed by atoms with Crippen LogP contribution in [0.3, 0.4) is 0 Å². The van der Waals surface area contributed by atoms with Crippen LogP contribution in [0.4, 0.5) is 4.39 Å². The van der Waals surface area contributed by atoms with Crippen molar-refractivity contribution in [3.8, 4) is 6.07 Å². The molecular formula is C13H15FN2O3S. The second-order valence-corrected chi connectivity index (χ2v) is 7.03. The minimum Gasteiger partial charge on any atom is -0.390 e. The summed E-state index contributed by atoms with van der Waals surface area (Å²) < 4.78 is 39.6. The molecular weight excluding hydrogens is 283 g/mol. The van der Waals surface area contributed by atoms with E-state index in [-0.39, 0.29) is 18.0 Å². The molecule has 5 nitrogen and oxygen atoms in total. The highest BCUT2D eigenvalue weighted by molar-refractivity contribution is 7.89. The Morgan fingerprint density at radius 1 is 1.40 bits per heavy atom. The van der Waals surface area contributed by atoms with E-state index in [4.69, 9.17) is 5.26 Å². The normalized spacial score (nSPS) is 19.5. The molecule has 1 aromatic carbocycles. The average molecular weight is 298 g/mol. The first-order chi connectivity index (χ1) is 9.28. The average Bonchev–Trinajstić information content (AvgIpc) is 2.38. The Morgan fingerprint density at radius 3 is 2.55 bits per heavy atom. The molecule has 0 saturated carbocycles. The molecule has 7 heteroatoms. The van der Waals surface area contributed by atoms with Gasteiger partial charge in [-0.25, -0.2) is 12.8 Å². The molecule has 2 rings (SSSR count). The van der Waals surface area contributed by atoms with Crippen molar-refractivity contribution in [3.63, 3.8) is 0 Å². The Bertz CT molecular complexity index is 655. The second-order valence-electron chi connectivity index (χ2n) is 5.13. The molecule has 0 unspecified atom stereocenters. The van der Waals surface area contributed by atoms with Gasteiger partial charge in [-0.2, -0.15) is 9.57 Å². The highest BCUT2D eigenvalue weighted by Gasteiger charge is 2.35. The molecule has 0 bridgehead atoms. The van der Waals surface area contributed by atoms with Gasteiger partial charge in [0.25, 0.3) is 0 Å². The van der Waals surface area contributed by atoms with Crippen LogP contribution < -0.4 is 0 Å². The van der Waals surface area contributed by atoms with Crippen molar-refractivity contribution in [2.75, 3.05) is 13.1 Å². The van der Waals surface area contributed by atoms with Gasteiger partial charge in [0.2, 0.25) is 10.0 Å². The molecule has 1 aromatic rings. The minimum atomic E-state index is -3.92. The van der Waals surface area contributed by atoms with Crippen LogP contribution in [0.1, 0.15) is 25.3 Å². The van der Waals surface area contributed by atoms with E-state index in [9.17, 15) is 17.9 Å². The van der Waals surface area contributed by atoms with Crippen molar-refractivity contribution < 1.29 is 17.9 Å². The zero-order valence-corrected chi connectivity index (χ0v) is 11.8. The van der Waals surface area contributed by atoms with Gasteiger partial charge in [0.1, 0.15) is 22.3 Å². The van der Waals surface area contributed by atoms with E-state index in [1.54, 1.807) is 13.0 Å². The van der Waals surface area contributed by atoms with Crippen LogP contribution in [-0.4, -0.2) is 36.5 Å². The third-order valence-corrected chi connectivity index (χ3v) is 5.45. The Hall–Kier alpha value is -1.49. The molecule has 1 heterocycles. The van der Waals surface area contributed by atoms with E-state index >= 15 is 0 Å². The van der Waals surface area contributed by atoms with Gasteiger partial charge < -0.3 is 5.11 Å². The van der Waals surface area contributed by atoms with E-state index in [0.29, 0.717) is 12.8 Å². The van der Waals surface area contributed by atoms with Crippen molar-refractivity contribution in [2.24, 2.45) is 0 Å². The van der Waals surface area contributed by atoms with Gasteiger partial charge in [-0.1, -0.05) is 6.07 Å². The van der Waals surface area contributed by atoms with Crippen LogP contribution in [0, 0.1) is 17.1 Å². The molecule has 1 fully saturated rings. The maximum Gasteiger partial charge on any atom is 0.244 e. The number of rotatable bonds is 2. The van der Waals surface area contributed by atoms with Crippen molar-refractivity contribution in [3.05, 3.63) is 29.6 Å². The second kappa shape index (κ2) is 5.13. The summed E-state index contributed by atoms with van der Waals surface area (Å²) in [4.78, 5) is -0.318. The molecule has 1 N–H and O–H groups in total. The topological polar surface area (TPSA) is 81.4 Å². The monoisotopic (exact) mass is 298 g/mol. The summed E-state index contributed by atoms with van der Waals surface area (Å²) in [5.74, 6) is -0.849. The predicted molar refractivity (Wildman–Crippen MR) is 69.7 cm³/mol. The quantitative estimate of drug-likeness (QED) is 0.890. The zero-order chi connectivity index (χ0) is 15.0. The fourth-order valence-corrected chi connectivity index (χ4v) is 3.77. The van der Waals surface area contributed by atoms with Gasteiger partial charge in [0, 0.05) is 13.1 Å². The summed E-state index contributed by atoms with van der Waals surface area (Å²) in [5.41, 5.74) is -1.35. The lowest BCUT2D eigenvalue weighted by Crippen LogP contribution is -2.45. The summed E-state index contributed by atoms with van der Waals surface area (Å²) in [6, 6.07) is 5.14. The molecule has 108 valence electrons. The highest BCUT2D eigenvalue weighted by atomic mass is 32.2. The fraction of sp³-hybridized carbons (Fsp3) is 0.462. The molecule has 0 aromatic heterocycles. The highest BCUT2D eigenvalue weighted by Crippen LogP contribution is 2.28. The third-order valence-electron chi connectivity index (χ3n) is 3.50. The minimum absolute atomic E-state index is 0.150. The third kappa shape index (κ3) is 2.68. The van der Waals surface area contributed by atoms with Crippen molar-refractivity contribution in [2.45, 2.75) is 30.3 Å². The predicted octanol–water partition coefficient (Wildman–Crippen LogP) is 1.23. The lowest BCUT2D eigenvalue weighted by Gasteiger charge is -2.35. The molecule has 0 aliphatic carbocycles. The lowest BCUT2D eigenvalue weighted by molar-refractivity contribution is 0.0126. The standard InChI is InChI=1S/C13H15FN2O3S/c1-13(17)5-7-16(8-6-13)20(18,19)12-4-2-3-11(14)10(12)9-15/h2-4,17H,5-8H2,1H3. The molecule has 0 amide bonds. The number of sulfonamides is 1. The Kier molecular flexibility index (Phi) is 3.82. The van der Waals surface area contributed by atoms with Gasteiger partial charge in [0.15, 0.2) is 0 Å². The summed E-state index contributed by atoms with van der Waals surface area (Å²) in [5, 5.41) is 18.8. The SMILES string of the molecule is CC1(O)CCN(S(=O)(=O)c2cccc(F)c2C#N)CC1. The number of nitrogens with zero attached hydrogens (tertiary/aromatic N) is 2. The first-order valence-electron chi connectivity index (χ1n) is 6.19. The number of benzene rings is 1. The number of piperidine rings is 1. The smallest absolute Gasteiger partial charge is 0.244 e. The zero-order valence-electron chi connectivity index (χ0n) is 11.0.